The molecule has 194 valence electrons. The zero-order valence-electron chi connectivity index (χ0n) is 21.0. The van der Waals surface area contributed by atoms with E-state index in [4.69, 9.17) is 32.8 Å². The molecule has 1 aliphatic rings. The van der Waals surface area contributed by atoms with Gasteiger partial charge in [0.05, 0.1) is 21.5 Å². The van der Waals surface area contributed by atoms with E-state index in [0.29, 0.717) is 44.9 Å². The van der Waals surface area contributed by atoms with Gasteiger partial charge in [-0.25, -0.2) is 14.8 Å². The summed E-state index contributed by atoms with van der Waals surface area (Å²) in [5.41, 5.74) is 4.52. The number of aromatic carboxylic acids is 1. The lowest BCUT2D eigenvalue weighted by molar-refractivity contribution is 0.0178. The number of rotatable bonds is 7. The molecule has 0 aliphatic carbocycles. The van der Waals surface area contributed by atoms with Crippen LogP contribution in [0.5, 0.6) is 5.75 Å². The molecule has 2 unspecified atom stereocenters. The van der Waals surface area contributed by atoms with Crippen molar-refractivity contribution in [2.45, 2.75) is 26.9 Å². The Labute approximate surface area is 230 Å². The van der Waals surface area contributed by atoms with Crippen LogP contribution in [0, 0.1) is 18.8 Å². The van der Waals surface area contributed by atoms with Crippen LogP contribution in [-0.2, 0) is 4.84 Å². The second kappa shape index (κ2) is 10.6. The molecule has 4 aromatic rings. The summed E-state index contributed by atoms with van der Waals surface area (Å²) in [4.78, 5) is 25.3. The zero-order chi connectivity index (χ0) is 27.0. The van der Waals surface area contributed by atoms with Gasteiger partial charge in [-0.3, -0.25) is 0 Å². The first kappa shape index (κ1) is 25.9. The van der Waals surface area contributed by atoms with Crippen LogP contribution in [0.25, 0.3) is 22.0 Å². The third-order valence-electron chi connectivity index (χ3n) is 6.59. The van der Waals surface area contributed by atoms with Crippen LogP contribution in [-0.4, -0.2) is 39.5 Å². The van der Waals surface area contributed by atoms with Gasteiger partial charge < -0.3 is 14.7 Å². The van der Waals surface area contributed by atoms with Crippen molar-refractivity contribution in [1.82, 2.24) is 9.97 Å². The van der Waals surface area contributed by atoms with Gasteiger partial charge in [0.25, 0.3) is 0 Å². The fourth-order valence-electron chi connectivity index (χ4n) is 4.63. The molecule has 5 rings (SSSR count). The minimum absolute atomic E-state index is 0.147. The van der Waals surface area contributed by atoms with Gasteiger partial charge in [-0.2, -0.15) is 0 Å². The van der Waals surface area contributed by atoms with E-state index < -0.39 is 5.97 Å². The van der Waals surface area contributed by atoms with Crippen molar-refractivity contribution in [1.29, 1.82) is 0 Å². The highest BCUT2D eigenvalue weighted by atomic mass is 35.5. The Balaban J connectivity index is 1.35. The average Bonchev–Trinajstić information content (AvgIpc) is 3.31. The molecule has 1 aromatic heterocycles. The number of halogens is 2. The van der Waals surface area contributed by atoms with Crippen LogP contribution in [0.3, 0.4) is 0 Å². The highest BCUT2D eigenvalue weighted by Gasteiger charge is 2.39. The molecule has 3 aromatic carbocycles. The molecule has 38 heavy (non-hydrogen) atoms. The summed E-state index contributed by atoms with van der Waals surface area (Å²) in [7, 11) is 0. The summed E-state index contributed by atoms with van der Waals surface area (Å²) in [6.45, 7) is 6.29. The summed E-state index contributed by atoms with van der Waals surface area (Å²) in [6, 6.07) is 18.8. The highest BCUT2D eigenvalue weighted by molar-refractivity contribution is 6.40. The molecule has 0 bridgehead atoms. The number of fused-ring (bicyclic) bond motifs is 1. The minimum atomic E-state index is -1.15. The molecule has 0 saturated carbocycles. The number of carbonyl (C=O) groups is 1. The quantitative estimate of drug-likeness (QED) is 0.265. The molecule has 0 radical (unpaired) electrons. The average molecular weight is 550 g/mol. The number of aromatic nitrogens is 2. The van der Waals surface area contributed by atoms with Crippen LogP contribution in [0.2, 0.25) is 10.0 Å². The largest absolute Gasteiger partial charge is 0.493 e. The third-order valence-corrected chi connectivity index (χ3v) is 7.22. The van der Waals surface area contributed by atoms with Gasteiger partial charge in [-0.1, -0.05) is 66.5 Å². The molecule has 0 fully saturated rings. The minimum Gasteiger partial charge on any atom is -0.493 e. The zero-order valence-corrected chi connectivity index (χ0v) is 22.5. The third kappa shape index (κ3) is 5.04. The van der Waals surface area contributed by atoms with Gasteiger partial charge in [0.1, 0.15) is 24.2 Å². The van der Waals surface area contributed by atoms with Crippen molar-refractivity contribution < 1.29 is 19.5 Å². The summed E-state index contributed by atoms with van der Waals surface area (Å²) in [6.07, 6.45) is -0.165. The van der Waals surface area contributed by atoms with Crippen molar-refractivity contribution >= 4 is 45.8 Å². The Bertz CT molecular complexity index is 1530. The fourth-order valence-corrected chi connectivity index (χ4v) is 5.23. The number of carboxylic acid groups (broad SMARTS) is 1. The van der Waals surface area contributed by atoms with E-state index in [0.717, 1.165) is 16.5 Å². The van der Waals surface area contributed by atoms with E-state index in [-0.39, 0.29) is 23.8 Å². The fraction of sp³-hybridized carbons (Fsp3) is 0.241. The topological polar surface area (TPSA) is 93.9 Å². The van der Waals surface area contributed by atoms with E-state index in [1.807, 2.05) is 42.5 Å². The Morgan fingerprint density at radius 3 is 2.37 bits per heavy atom. The lowest BCUT2D eigenvalue weighted by Gasteiger charge is -2.23. The predicted molar refractivity (Wildman–Crippen MR) is 148 cm³/mol. The van der Waals surface area contributed by atoms with Gasteiger partial charge in [0.15, 0.2) is 0 Å². The normalized spacial score (nSPS) is 16.9. The lowest BCUT2D eigenvalue weighted by Crippen LogP contribution is -2.33. The van der Waals surface area contributed by atoms with Gasteiger partial charge in [-0.05, 0) is 60.4 Å². The molecular formula is C29H25Cl2N3O4. The van der Waals surface area contributed by atoms with Crippen LogP contribution < -0.4 is 4.74 Å². The first-order valence-electron chi connectivity index (χ1n) is 12.2. The number of ether oxygens (including phenoxy) is 1. The molecule has 2 atom stereocenters. The lowest BCUT2D eigenvalue weighted by atomic mass is 9.87. The number of hydrogen-bond donors (Lipinski definition) is 1. The molecule has 0 saturated heterocycles. The Morgan fingerprint density at radius 1 is 1.03 bits per heavy atom. The van der Waals surface area contributed by atoms with Gasteiger partial charge in [0, 0.05) is 16.6 Å². The number of oxime groups is 1. The first-order chi connectivity index (χ1) is 18.2. The van der Waals surface area contributed by atoms with Crippen LogP contribution >= 0.6 is 23.2 Å². The molecule has 0 spiro atoms. The second-order valence-electron chi connectivity index (χ2n) is 9.50. The predicted octanol–water partition coefficient (Wildman–Crippen LogP) is 7.06. The van der Waals surface area contributed by atoms with Crippen LogP contribution in [0.15, 0.2) is 65.8 Å². The number of nitrogens with zero attached hydrogens (tertiary/aromatic N) is 3. The van der Waals surface area contributed by atoms with Crippen molar-refractivity contribution in [3.05, 3.63) is 87.8 Å². The Hall–Kier alpha value is -3.68. The SMILES string of the molecule is Cc1nc(C(=O)O)nc2ccc(-c3ccc(OCC4C(c5c(Cl)cccc5Cl)=NOC4C(C)C)cc3)cc12. The molecule has 1 N–H and O–H groups in total. The van der Waals surface area contributed by atoms with Crippen LogP contribution in [0.1, 0.15) is 35.7 Å². The summed E-state index contributed by atoms with van der Waals surface area (Å²) < 4.78 is 6.20. The molecular weight excluding hydrogens is 525 g/mol. The van der Waals surface area contributed by atoms with E-state index in [2.05, 4.69) is 29.0 Å². The maximum Gasteiger partial charge on any atom is 0.373 e. The van der Waals surface area contributed by atoms with Crippen molar-refractivity contribution in [2.24, 2.45) is 17.0 Å². The highest BCUT2D eigenvalue weighted by Crippen LogP contribution is 2.35. The van der Waals surface area contributed by atoms with Gasteiger partial charge in [-0.15, -0.1) is 0 Å². The molecule has 1 aliphatic heterocycles. The van der Waals surface area contributed by atoms with E-state index in [1.165, 1.54) is 0 Å². The summed E-state index contributed by atoms with van der Waals surface area (Å²) in [5.74, 6) is -0.584. The van der Waals surface area contributed by atoms with E-state index in [9.17, 15) is 9.90 Å². The summed E-state index contributed by atoms with van der Waals surface area (Å²) >= 11 is 12.9. The van der Waals surface area contributed by atoms with Crippen LogP contribution in [0.4, 0.5) is 0 Å². The smallest absolute Gasteiger partial charge is 0.373 e. The maximum atomic E-state index is 11.3. The van der Waals surface area contributed by atoms with Crippen molar-refractivity contribution in [3.8, 4) is 16.9 Å². The molecule has 9 heteroatoms. The first-order valence-corrected chi connectivity index (χ1v) is 12.9. The molecule has 7 nitrogen and oxygen atoms in total. The van der Waals surface area contributed by atoms with Gasteiger partial charge in [0.2, 0.25) is 5.82 Å². The van der Waals surface area contributed by atoms with Gasteiger partial charge >= 0.3 is 5.97 Å². The summed E-state index contributed by atoms with van der Waals surface area (Å²) in [5, 5.41) is 15.4. The van der Waals surface area contributed by atoms with Crippen molar-refractivity contribution in [2.75, 3.05) is 6.61 Å². The number of aryl methyl sites for hydroxylation is 1. The van der Waals surface area contributed by atoms with E-state index in [1.54, 1.807) is 25.1 Å². The molecule has 2 heterocycles. The number of carboxylic acids is 1. The Morgan fingerprint density at radius 2 is 1.71 bits per heavy atom. The number of benzene rings is 3. The maximum absolute atomic E-state index is 11.3. The van der Waals surface area contributed by atoms with Crippen molar-refractivity contribution in [3.63, 3.8) is 0 Å². The Kier molecular flexibility index (Phi) is 7.23. The molecule has 0 amide bonds. The second-order valence-corrected chi connectivity index (χ2v) is 10.3. The standard InChI is InChI=1S/C29H25Cl2N3O4/c1-15(2)27-21(26(34-38-27)25-22(30)5-4-6-23(25)31)14-37-19-10-7-17(8-11-19)18-9-12-24-20(13-18)16(3)32-28(33-24)29(35)36/h4-13,15,21,27H,14H2,1-3H3,(H,35,36). The number of hydrogen-bond acceptors (Lipinski definition) is 6. The monoisotopic (exact) mass is 549 g/mol. The van der Waals surface area contributed by atoms with E-state index >= 15 is 0 Å².